The lowest BCUT2D eigenvalue weighted by Crippen LogP contribution is -2.32. The van der Waals surface area contributed by atoms with Gasteiger partial charge in [0.05, 0.1) is 7.11 Å². The van der Waals surface area contributed by atoms with Gasteiger partial charge in [-0.25, -0.2) is 4.98 Å². The van der Waals surface area contributed by atoms with Crippen LogP contribution in [-0.2, 0) is 4.79 Å². The van der Waals surface area contributed by atoms with E-state index in [-0.39, 0.29) is 0 Å². The number of amides is 1. The van der Waals surface area contributed by atoms with Gasteiger partial charge in [0.1, 0.15) is 17.6 Å². The number of rotatable bonds is 4. The van der Waals surface area contributed by atoms with Gasteiger partial charge in [-0.3, -0.25) is 4.79 Å². The van der Waals surface area contributed by atoms with E-state index in [0.29, 0.717) is 5.82 Å². The third kappa shape index (κ3) is 2.34. The number of anilines is 1. The van der Waals surface area contributed by atoms with Gasteiger partial charge in [0, 0.05) is 11.6 Å². The predicted molar refractivity (Wildman–Crippen MR) is 70.6 cm³/mol. The monoisotopic (exact) mass is 245 g/mol. The summed E-state index contributed by atoms with van der Waals surface area (Å²) in [5, 5.41) is 4.91. The van der Waals surface area contributed by atoms with Crippen molar-refractivity contribution in [3.63, 3.8) is 0 Å². The number of nitrogens with two attached hydrogens (primary N) is 1. The molecule has 3 N–H and O–H groups in total. The molecule has 2 aromatic rings. The summed E-state index contributed by atoms with van der Waals surface area (Å²) < 4.78 is 5.18. The highest BCUT2D eigenvalue weighted by Gasteiger charge is 2.11. The van der Waals surface area contributed by atoms with Crippen LogP contribution < -0.4 is 15.8 Å². The standard InChI is InChI=1S/C13H15N3O2/c1-8(12(14)17)16-13-11-7-10(18-2)4-3-9(11)5-6-15-13/h3-8H,1-2H3,(H2,14,17)(H,15,16). The molecule has 1 aromatic heterocycles. The summed E-state index contributed by atoms with van der Waals surface area (Å²) in [6.45, 7) is 1.70. The van der Waals surface area contributed by atoms with Crippen molar-refractivity contribution < 1.29 is 9.53 Å². The number of carbonyl (C=O) groups is 1. The Morgan fingerprint density at radius 3 is 2.89 bits per heavy atom. The third-order valence-corrected chi connectivity index (χ3v) is 2.75. The van der Waals surface area contributed by atoms with Crippen LogP contribution in [0.2, 0.25) is 0 Å². The number of hydrogen-bond acceptors (Lipinski definition) is 4. The molecule has 0 fully saturated rings. The van der Waals surface area contributed by atoms with Crippen molar-refractivity contribution in [3.8, 4) is 5.75 Å². The fourth-order valence-corrected chi connectivity index (χ4v) is 1.67. The average Bonchev–Trinajstić information content (AvgIpc) is 2.38. The lowest BCUT2D eigenvalue weighted by atomic mass is 10.1. The fraction of sp³-hybridized carbons (Fsp3) is 0.231. The Morgan fingerprint density at radius 1 is 1.44 bits per heavy atom. The third-order valence-electron chi connectivity index (χ3n) is 2.75. The van der Waals surface area contributed by atoms with Gasteiger partial charge in [-0.05, 0) is 30.5 Å². The zero-order valence-corrected chi connectivity index (χ0v) is 10.3. The van der Waals surface area contributed by atoms with E-state index in [9.17, 15) is 4.79 Å². The first-order chi connectivity index (χ1) is 8.61. The van der Waals surface area contributed by atoms with E-state index in [1.165, 1.54) is 0 Å². The lowest BCUT2D eigenvalue weighted by molar-refractivity contribution is -0.118. The van der Waals surface area contributed by atoms with Crippen molar-refractivity contribution in [1.29, 1.82) is 0 Å². The topological polar surface area (TPSA) is 77.2 Å². The van der Waals surface area contributed by atoms with E-state index in [0.717, 1.165) is 16.5 Å². The molecule has 0 bridgehead atoms. The van der Waals surface area contributed by atoms with Crippen molar-refractivity contribution in [2.45, 2.75) is 13.0 Å². The van der Waals surface area contributed by atoms with E-state index in [4.69, 9.17) is 10.5 Å². The summed E-state index contributed by atoms with van der Waals surface area (Å²) in [5.74, 6) is 0.944. The van der Waals surface area contributed by atoms with Crippen molar-refractivity contribution in [2.24, 2.45) is 5.73 Å². The average molecular weight is 245 g/mol. The van der Waals surface area contributed by atoms with E-state index in [1.54, 1.807) is 20.2 Å². The number of primary amides is 1. The first kappa shape index (κ1) is 12.2. The summed E-state index contributed by atoms with van der Waals surface area (Å²) in [4.78, 5) is 15.3. The van der Waals surface area contributed by atoms with Gasteiger partial charge in [-0.2, -0.15) is 0 Å². The Balaban J connectivity index is 2.46. The number of nitrogens with one attached hydrogen (secondary N) is 1. The molecule has 5 nitrogen and oxygen atoms in total. The number of pyridine rings is 1. The maximum Gasteiger partial charge on any atom is 0.239 e. The number of carbonyl (C=O) groups excluding carboxylic acids is 1. The molecule has 0 radical (unpaired) electrons. The van der Waals surface area contributed by atoms with Crippen LogP contribution in [0.5, 0.6) is 5.75 Å². The molecule has 1 heterocycles. The first-order valence-corrected chi connectivity index (χ1v) is 5.60. The summed E-state index contributed by atoms with van der Waals surface area (Å²) in [7, 11) is 1.61. The van der Waals surface area contributed by atoms with Crippen LogP contribution >= 0.6 is 0 Å². The number of nitrogens with zero attached hydrogens (tertiary/aromatic N) is 1. The van der Waals surface area contributed by atoms with Gasteiger partial charge in [0.2, 0.25) is 5.91 Å². The molecular weight excluding hydrogens is 230 g/mol. The molecule has 94 valence electrons. The van der Waals surface area contributed by atoms with Gasteiger partial charge >= 0.3 is 0 Å². The zero-order chi connectivity index (χ0) is 13.1. The van der Waals surface area contributed by atoms with Gasteiger partial charge in [0.15, 0.2) is 0 Å². The number of benzene rings is 1. The minimum atomic E-state index is -0.477. The van der Waals surface area contributed by atoms with Gasteiger partial charge in [-0.15, -0.1) is 0 Å². The van der Waals surface area contributed by atoms with E-state index >= 15 is 0 Å². The summed E-state index contributed by atoms with van der Waals surface area (Å²) in [6.07, 6.45) is 1.69. The first-order valence-electron chi connectivity index (χ1n) is 5.60. The van der Waals surface area contributed by atoms with Gasteiger partial charge in [-0.1, -0.05) is 6.07 Å². The molecule has 1 unspecified atom stereocenters. The molecule has 0 saturated carbocycles. The largest absolute Gasteiger partial charge is 0.497 e. The molecule has 0 saturated heterocycles. The second-order valence-electron chi connectivity index (χ2n) is 4.02. The molecule has 2 rings (SSSR count). The molecule has 18 heavy (non-hydrogen) atoms. The molecule has 0 spiro atoms. The van der Waals surface area contributed by atoms with E-state index in [1.807, 2.05) is 24.3 Å². The van der Waals surface area contributed by atoms with E-state index in [2.05, 4.69) is 10.3 Å². The Morgan fingerprint density at radius 2 is 2.22 bits per heavy atom. The highest BCUT2D eigenvalue weighted by atomic mass is 16.5. The number of hydrogen-bond donors (Lipinski definition) is 2. The smallest absolute Gasteiger partial charge is 0.239 e. The maximum atomic E-state index is 11.1. The Kier molecular flexibility index (Phi) is 3.32. The fourth-order valence-electron chi connectivity index (χ4n) is 1.67. The van der Waals surface area contributed by atoms with Crippen LogP contribution in [0.15, 0.2) is 30.5 Å². The van der Waals surface area contributed by atoms with Crippen LogP contribution in [0, 0.1) is 0 Å². The van der Waals surface area contributed by atoms with Crippen molar-refractivity contribution >= 4 is 22.5 Å². The summed E-state index contributed by atoms with van der Waals surface area (Å²) in [5.41, 5.74) is 5.23. The van der Waals surface area contributed by atoms with Crippen LogP contribution in [0.3, 0.4) is 0 Å². The van der Waals surface area contributed by atoms with Crippen LogP contribution in [0.25, 0.3) is 10.8 Å². The highest BCUT2D eigenvalue weighted by molar-refractivity contribution is 5.94. The molecule has 0 aliphatic heterocycles. The highest BCUT2D eigenvalue weighted by Crippen LogP contribution is 2.25. The molecule has 1 aromatic carbocycles. The van der Waals surface area contributed by atoms with E-state index < -0.39 is 11.9 Å². The number of methoxy groups -OCH3 is 1. The van der Waals surface area contributed by atoms with Crippen molar-refractivity contribution in [2.75, 3.05) is 12.4 Å². The van der Waals surface area contributed by atoms with Crippen molar-refractivity contribution in [3.05, 3.63) is 30.5 Å². The summed E-state index contributed by atoms with van der Waals surface area (Å²) in [6, 6.07) is 7.11. The Labute approximate surface area is 105 Å². The Bertz CT molecular complexity index is 583. The quantitative estimate of drug-likeness (QED) is 0.856. The van der Waals surface area contributed by atoms with Crippen LogP contribution in [0.4, 0.5) is 5.82 Å². The minimum Gasteiger partial charge on any atom is -0.497 e. The van der Waals surface area contributed by atoms with Gasteiger partial charge < -0.3 is 15.8 Å². The molecular formula is C13H15N3O2. The van der Waals surface area contributed by atoms with Crippen LogP contribution in [0.1, 0.15) is 6.92 Å². The lowest BCUT2D eigenvalue weighted by Gasteiger charge is -2.13. The minimum absolute atomic E-state index is 0.420. The second kappa shape index (κ2) is 4.91. The number of aromatic nitrogens is 1. The number of ether oxygens (including phenoxy) is 1. The predicted octanol–water partition coefficient (Wildman–Crippen LogP) is 1.53. The normalized spacial score (nSPS) is 12.1. The van der Waals surface area contributed by atoms with Gasteiger partial charge in [0.25, 0.3) is 0 Å². The molecule has 1 amide bonds. The summed E-state index contributed by atoms with van der Waals surface area (Å²) >= 11 is 0. The SMILES string of the molecule is COc1ccc2ccnc(NC(C)C(N)=O)c2c1. The molecule has 1 atom stereocenters. The Hall–Kier alpha value is -2.30. The zero-order valence-electron chi connectivity index (χ0n) is 10.3. The van der Waals surface area contributed by atoms with Crippen LogP contribution in [-0.4, -0.2) is 24.0 Å². The number of fused-ring (bicyclic) bond motifs is 1. The molecule has 0 aliphatic carbocycles. The second-order valence-corrected chi connectivity index (χ2v) is 4.02. The molecule has 5 heteroatoms. The maximum absolute atomic E-state index is 11.1. The molecule has 0 aliphatic rings. The van der Waals surface area contributed by atoms with Crippen molar-refractivity contribution in [1.82, 2.24) is 4.98 Å².